The molecule has 40 heavy (non-hydrogen) atoms. The molecule has 0 unspecified atom stereocenters. The summed E-state index contributed by atoms with van der Waals surface area (Å²) in [6.45, 7) is 23.5. The van der Waals surface area contributed by atoms with Crippen molar-refractivity contribution < 1.29 is 14.0 Å². The van der Waals surface area contributed by atoms with E-state index in [0.717, 1.165) is 16.7 Å². The molecule has 4 rings (SSSR count). The summed E-state index contributed by atoms with van der Waals surface area (Å²) in [7, 11) is -1.99. The van der Waals surface area contributed by atoms with Crippen LogP contribution in [0.3, 0.4) is 0 Å². The Balaban J connectivity index is 1.80. The van der Waals surface area contributed by atoms with Crippen molar-refractivity contribution in [3.8, 4) is 0 Å². The first kappa shape index (κ1) is 30.3. The molecule has 3 aromatic rings. The van der Waals surface area contributed by atoms with E-state index < -0.39 is 8.32 Å². The van der Waals surface area contributed by atoms with E-state index in [1.54, 1.807) is 0 Å². The van der Waals surface area contributed by atoms with Crippen LogP contribution >= 0.6 is 0 Å². The molecule has 0 heterocycles. The fourth-order valence-electron chi connectivity index (χ4n) is 5.36. The van der Waals surface area contributed by atoms with Crippen molar-refractivity contribution in [3.05, 3.63) is 82.4 Å². The van der Waals surface area contributed by atoms with Crippen molar-refractivity contribution in [3.63, 3.8) is 0 Å². The van der Waals surface area contributed by atoms with Gasteiger partial charge in [0.25, 0.3) is 0 Å². The Kier molecular flexibility index (Phi) is 8.28. The molecule has 0 fully saturated rings. The Labute approximate surface area is 243 Å². The summed E-state index contributed by atoms with van der Waals surface area (Å²) < 4.78 is 12.0. The van der Waals surface area contributed by atoms with Crippen LogP contribution in [0.25, 0.3) is 22.4 Å². The fraction of sp³-hybridized carbons (Fsp3) is 0.472. The monoisotopic (exact) mass is 556 g/mol. The molecule has 214 valence electrons. The van der Waals surface area contributed by atoms with E-state index in [1.807, 2.05) is 25.1 Å². The van der Waals surface area contributed by atoms with E-state index >= 15 is 0 Å². The number of benzene rings is 3. The SMILES string of the molecule is CCOC(=O)c1cccc(/C(=C/c2ccc3cc4c(cc3c2)C(C)(C)CCC4(C)C)CO[Si](C)(C)C(C)(C)C)c1. The van der Waals surface area contributed by atoms with Crippen LogP contribution in [-0.2, 0) is 20.0 Å². The van der Waals surface area contributed by atoms with Crippen LogP contribution in [0.5, 0.6) is 0 Å². The first-order valence-corrected chi connectivity index (χ1v) is 17.7. The second-order valence-corrected chi connectivity index (χ2v) is 19.1. The first-order chi connectivity index (χ1) is 18.5. The van der Waals surface area contributed by atoms with Gasteiger partial charge in [0.15, 0.2) is 8.32 Å². The Morgan fingerprint density at radius 1 is 0.875 bits per heavy atom. The van der Waals surface area contributed by atoms with Gasteiger partial charge >= 0.3 is 5.97 Å². The van der Waals surface area contributed by atoms with Crippen LogP contribution in [0, 0.1) is 0 Å². The van der Waals surface area contributed by atoms with E-state index in [2.05, 4.69) is 104 Å². The quantitative estimate of drug-likeness (QED) is 0.165. The van der Waals surface area contributed by atoms with Crippen LogP contribution in [0.4, 0.5) is 0 Å². The van der Waals surface area contributed by atoms with Crippen molar-refractivity contribution in [1.29, 1.82) is 0 Å². The van der Waals surface area contributed by atoms with Gasteiger partial charge in [-0.1, -0.05) is 84.9 Å². The number of ether oxygens (including phenoxy) is 1. The summed E-state index contributed by atoms with van der Waals surface area (Å²) in [5, 5.41) is 2.65. The normalized spacial score (nSPS) is 17.0. The largest absolute Gasteiger partial charge is 0.462 e. The Hall–Kier alpha value is -2.69. The number of carbonyl (C=O) groups excluding carboxylic acids is 1. The van der Waals surface area contributed by atoms with Crippen molar-refractivity contribution in [2.75, 3.05) is 13.2 Å². The standard InChI is InChI=1S/C36H48O3Si/c1-11-38-33(37)28-14-12-13-26(21-28)30(24-39-40(9,10)34(2,3)4)20-25-15-16-27-22-31-32(23-29(27)19-25)36(7,8)18-17-35(31,5)6/h12-16,19-23H,11,17-18,24H2,1-10H3/b30-20+. The maximum absolute atomic E-state index is 12.5. The van der Waals surface area contributed by atoms with Crippen LogP contribution < -0.4 is 0 Å². The van der Waals surface area contributed by atoms with Crippen molar-refractivity contribution in [2.45, 2.75) is 97.2 Å². The highest BCUT2D eigenvalue weighted by Gasteiger charge is 2.38. The van der Waals surface area contributed by atoms with E-state index in [0.29, 0.717) is 18.8 Å². The summed E-state index contributed by atoms with van der Waals surface area (Å²) in [6.07, 6.45) is 4.64. The van der Waals surface area contributed by atoms with Gasteiger partial charge in [-0.3, -0.25) is 0 Å². The third-order valence-corrected chi connectivity index (χ3v) is 13.8. The first-order valence-electron chi connectivity index (χ1n) is 14.7. The molecule has 3 nitrogen and oxygen atoms in total. The van der Waals surface area contributed by atoms with Crippen LogP contribution in [0.15, 0.2) is 54.6 Å². The van der Waals surface area contributed by atoms with E-state index in [1.165, 1.54) is 34.7 Å². The number of hydrogen-bond acceptors (Lipinski definition) is 3. The van der Waals surface area contributed by atoms with Crippen molar-refractivity contribution in [1.82, 2.24) is 0 Å². The van der Waals surface area contributed by atoms with Gasteiger partial charge in [-0.15, -0.1) is 0 Å². The molecule has 0 radical (unpaired) electrons. The summed E-state index contributed by atoms with van der Waals surface area (Å²) in [4.78, 5) is 12.5. The molecule has 1 aliphatic rings. The van der Waals surface area contributed by atoms with Gasteiger partial charge in [0.1, 0.15) is 0 Å². The second kappa shape index (κ2) is 10.9. The van der Waals surface area contributed by atoms with Crippen LogP contribution in [0.2, 0.25) is 18.1 Å². The molecule has 0 aromatic heterocycles. The average molecular weight is 557 g/mol. The summed E-state index contributed by atoms with van der Waals surface area (Å²) >= 11 is 0. The van der Waals surface area contributed by atoms with Gasteiger partial charge in [0.05, 0.1) is 18.8 Å². The lowest BCUT2D eigenvalue weighted by Crippen LogP contribution is -2.41. The molecular weight excluding hydrogens is 508 g/mol. The highest BCUT2D eigenvalue weighted by molar-refractivity contribution is 6.74. The molecule has 0 saturated heterocycles. The van der Waals surface area contributed by atoms with Crippen LogP contribution in [-0.4, -0.2) is 27.5 Å². The zero-order chi connectivity index (χ0) is 29.5. The maximum Gasteiger partial charge on any atom is 0.338 e. The van der Waals surface area contributed by atoms with E-state index in [4.69, 9.17) is 9.16 Å². The maximum atomic E-state index is 12.5. The molecule has 3 aromatic carbocycles. The lowest BCUT2D eigenvalue weighted by molar-refractivity contribution is 0.0526. The molecule has 4 heteroatoms. The lowest BCUT2D eigenvalue weighted by Gasteiger charge is -2.42. The third kappa shape index (κ3) is 6.29. The lowest BCUT2D eigenvalue weighted by atomic mass is 9.63. The Morgan fingerprint density at radius 3 is 2.08 bits per heavy atom. The number of esters is 1. The van der Waals surface area contributed by atoms with Gasteiger partial charge in [0, 0.05) is 0 Å². The minimum absolute atomic E-state index is 0.105. The minimum atomic E-state index is -1.99. The number of hydrogen-bond donors (Lipinski definition) is 0. The van der Waals surface area contributed by atoms with Gasteiger partial charge in [-0.25, -0.2) is 4.79 Å². The zero-order valence-electron chi connectivity index (χ0n) is 26.3. The van der Waals surface area contributed by atoms with E-state index in [9.17, 15) is 4.79 Å². The van der Waals surface area contributed by atoms with Crippen molar-refractivity contribution in [2.24, 2.45) is 0 Å². The van der Waals surface area contributed by atoms with Gasteiger partial charge in [-0.05, 0) is 112 Å². The Bertz CT molecular complexity index is 1440. The third-order valence-electron chi connectivity index (χ3n) is 9.31. The summed E-state index contributed by atoms with van der Waals surface area (Å²) in [5.41, 5.74) is 7.06. The number of carbonyl (C=O) groups is 1. The van der Waals surface area contributed by atoms with Crippen molar-refractivity contribution >= 4 is 36.7 Å². The highest BCUT2D eigenvalue weighted by Crippen LogP contribution is 2.47. The molecule has 0 N–H and O–H groups in total. The molecule has 0 atom stereocenters. The van der Waals surface area contributed by atoms with Crippen LogP contribution in [0.1, 0.15) is 101 Å². The molecule has 0 amide bonds. The fourth-order valence-corrected chi connectivity index (χ4v) is 6.31. The molecule has 0 saturated carbocycles. The highest BCUT2D eigenvalue weighted by atomic mass is 28.4. The molecule has 1 aliphatic carbocycles. The molecular formula is C36H48O3Si. The summed E-state index contributed by atoms with van der Waals surface area (Å²) in [5.74, 6) is -0.296. The number of rotatable bonds is 7. The predicted molar refractivity (Wildman–Crippen MR) is 173 cm³/mol. The predicted octanol–water partition coefficient (Wildman–Crippen LogP) is 9.93. The average Bonchev–Trinajstić information content (AvgIpc) is 2.88. The minimum Gasteiger partial charge on any atom is -0.462 e. The molecule has 0 spiro atoms. The van der Waals surface area contributed by atoms with Gasteiger partial charge in [0.2, 0.25) is 0 Å². The van der Waals surface area contributed by atoms with Gasteiger partial charge < -0.3 is 9.16 Å². The summed E-state index contributed by atoms with van der Waals surface area (Å²) in [6, 6.07) is 19.3. The van der Waals surface area contributed by atoms with Gasteiger partial charge in [-0.2, -0.15) is 0 Å². The molecule has 0 aliphatic heterocycles. The number of fused-ring (bicyclic) bond motifs is 2. The Morgan fingerprint density at radius 2 is 1.48 bits per heavy atom. The second-order valence-electron chi connectivity index (χ2n) is 14.3. The van der Waals surface area contributed by atoms with E-state index in [-0.39, 0.29) is 21.8 Å². The molecule has 0 bridgehead atoms. The smallest absolute Gasteiger partial charge is 0.338 e. The zero-order valence-corrected chi connectivity index (χ0v) is 27.3. The topological polar surface area (TPSA) is 35.5 Å².